The zero-order valence-corrected chi connectivity index (χ0v) is 12.5. The van der Waals surface area contributed by atoms with Crippen LogP contribution in [0.1, 0.15) is 12.0 Å². The molecule has 2 aromatic rings. The van der Waals surface area contributed by atoms with Gasteiger partial charge in [0.05, 0.1) is 0 Å². The first-order chi connectivity index (χ1) is 10.4. The number of ether oxygens (including phenoxy) is 2. The molecule has 0 aliphatic rings. The van der Waals surface area contributed by atoms with Gasteiger partial charge in [-0.3, -0.25) is 0 Å². The molecular weight excluding hydrogens is 284 g/mol. The number of benzene rings is 2. The lowest BCUT2D eigenvalue weighted by Crippen LogP contribution is -2.08. The fourth-order valence-electron chi connectivity index (χ4n) is 1.68. The lowest BCUT2D eigenvalue weighted by atomic mass is 10.2. The average Bonchev–Trinajstić information content (AvgIpc) is 2.54. The van der Waals surface area contributed by atoms with E-state index < -0.39 is 0 Å². The van der Waals surface area contributed by atoms with Crippen molar-refractivity contribution in [3.8, 4) is 23.3 Å². The molecule has 0 bridgehead atoms. The maximum atomic E-state index is 5.61. The van der Waals surface area contributed by atoms with Crippen LogP contribution >= 0.6 is 11.6 Å². The smallest absolute Gasteiger partial charge is 0.122 e. The van der Waals surface area contributed by atoms with E-state index in [4.69, 9.17) is 21.1 Å². The molecule has 0 aliphatic carbocycles. The largest absolute Gasteiger partial charge is 0.490 e. The maximum absolute atomic E-state index is 5.61. The lowest BCUT2D eigenvalue weighted by molar-refractivity contribution is 0.217. The molecule has 0 saturated carbocycles. The van der Waals surface area contributed by atoms with Crippen LogP contribution in [0.2, 0.25) is 0 Å². The van der Waals surface area contributed by atoms with Gasteiger partial charge in [0.2, 0.25) is 0 Å². The Bertz CT molecular complexity index is 582. The average molecular weight is 301 g/mol. The first kappa shape index (κ1) is 15.3. The first-order valence-corrected chi connectivity index (χ1v) is 7.37. The zero-order valence-electron chi connectivity index (χ0n) is 11.7. The third kappa shape index (κ3) is 5.81. The van der Waals surface area contributed by atoms with Crippen LogP contribution in [0.5, 0.6) is 11.5 Å². The van der Waals surface area contributed by atoms with Crippen molar-refractivity contribution < 1.29 is 9.47 Å². The van der Waals surface area contributed by atoms with Crippen molar-refractivity contribution in [3.63, 3.8) is 0 Å². The molecule has 2 rings (SSSR count). The van der Waals surface area contributed by atoms with Crippen LogP contribution in [-0.2, 0) is 0 Å². The lowest BCUT2D eigenvalue weighted by Gasteiger charge is -2.08. The van der Waals surface area contributed by atoms with Gasteiger partial charge in [-0.1, -0.05) is 30.0 Å². The third-order valence-electron chi connectivity index (χ3n) is 2.67. The van der Waals surface area contributed by atoms with Gasteiger partial charge in [0, 0.05) is 17.9 Å². The van der Waals surface area contributed by atoms with E-state index in [1.807, 2.05) is 54.6 Å². The third-order valence-corrected chi connectivity index (χ3v) is 2.86. The molecular formula is C18H17ClO2. The van der Waals surface area contributed by atoms with Gasteiger partial charge in [0.1, 0.15) is 24.7 Å². The van der Waals surface area contributed by atoms with Gasteiger partial charge >= 0.3 is 0 Å². The molecule has 0 aromatic heterocycles. The second-order valence-electron chi connectivity index (χ2n) is 4.28. The Morgan fingerprint density at radius 2 is 1.43 bits per heavy atom. The Morgan fingerprint density at radius 1 is 0.810 bits per heavy atom. The van der Waals surface area contributed by atoms with Gasteiger partial charge in [-0.05, 0) is 36.4 Å². The quantitative estimate of drug-likeness (QED) is 0.454. The predicted molar refractivity (Wildman–Crippen MR) is 86.1 cm³/mol. The SMILES string of the molecule is ClCCC#Cc1ccc(OCCOc2ccccc2)cc1. The minimum absolute atomic E-state index is 0.506. The highest BCUT2D eigenvalue weighted by Crippen LogP contribution is 2.12. The molecule has 21 heavy (non-hydrogen) atoms. The zero-order chi connectivity index (χ0) is 14.8. The Morgan fingerprint density at radius 3 is 2.05 bits per heavy atom. The second-order valence-corrected chi connectivity index (χ2v) is 4.65. The van der Waals surface area contributed by atoms with Gasteiger partial charge in [0.25, 0.3) is 0 Å². The highest BCUT2D eigenvalue weighted by atomic mass is 35.5. The van der Waals surface area contributed by atoms with Gasteiger partial charge < -0.3 is 9.47 Å². The van der Waals surface area contributed by atoms with Crippen molar-refractivity contribution in [1.29, 1.82) is 0 Å². The summed E-state index contributed by atoms with van der Waals surface area (Å²) in [5.41, 5.74) is 0.966. The van der Waals surface area contributed by atoms with E-state index in [1.54, 1.807) is 0 Å². The Hall–Kier alpha value is -2.11. The van der Waals surface area contributed by atoms with Crippen LogP contribution in [0.4, 0.5) is 0 Å². The highest BCUT2D eigenvalue weighted by molar-refractivity contribution is 6.18. The molecule has 108 valence electrons. The summed E-state index contributed by atoms with van der Waals surface area (Å²) in [6.07, 6.45) is 0.705. The van der Waals surface area contributed by atoms with E-state index in [2.05, 4.69) is 11.8 Å². The van der Waals surface area contributed by atoms with Crippen LogP contribution in [0.3, 0.4) is 0 Å². The maximum Gasteiger partial charge on any atom is 0.122 e. The number of hydrogen-bond acceptors (Lipinski definition) is 2. The number of hydrogen-bond donors (Lipinski definition) is 0. The first-order valence-electron chi connectivity index (χ1n) is 6.84. The number of halogens is 1. The number of para-hydroxylation sites is 1. The van der Waals surface area contributed by atoms with Crippen LogP contribution in [-0.4, -0.2) is 19.1 Å². The molecule has 0 heterocycles. The van der Waals surface area contributed by atoms with E-state index in [0.717, 1.165) is 17.1 Å². The summed E-state index contributed by atoms with van der Waals surface area (Å²) in [5.74, 6) is 8.28. The normalized spacial score (nSPS) is 9.57. The fourth-order valence-corrected chi connectivity index (χ4v) is 1.78. The summed E-state index contributed by atoms with van der Waals surface area (Å²) >= 11 is 5.57. The molecule has 0 N–H and O–H groups in total. The van der Waals surface area contributed by atoms with Gasteiger partial charge in [-0.2, -0.15) is 0 Å². The van der Waals surface area contributed by atoms with Crippen molar-refractivity contribution in [2.45, 2.75) is 6.42 Å². The van der Waals surface area contributed by atoms with Crippen molar-refractivity contribution in [2.75, 3.05) is 19.1 Å². The summed E-state index contributed by atoms with van der Waals surface area (Å²) in [7, 11) is 0. The summed E-state index contributed by atoms with van der Waals surface area (Å²) in [6, 6.07) is 17.4. The molecule has 0 amide bonds. The minimum atomic E-state index is 0.506. The molecule has 0 unspecified atom stereocenters. The van der Waals surface area contributed by atoms with Crippen LogP contribution in [0, 0.1) is 11.8 Å². The molecule has 0 saturated heterocycles. The van der Waals surface area contributed by atoms with Crippen molar-refractivity contribution in [3.05, 3.63) is 60.2 Å². The summed E-state index contributed by atoms with van der Waals surface area (Å²) in [5, 5.41) is 0. The van der Waals surface area contributed by atoms with Crippen molar-refractivity contribution >= 4 is 11.6 Å². The van der Waals surface area contributed by atoms with E-state index in [1.165, 1.54) is 0 Å². The summed E-state index contributed by atoms with van der Waals surface area (Å²) in [4.78, 5) is 0. The molecule has 0 aliphatic heterocycles. The van der Waals surface area contributed by atoms with Gasteiger partial charge in [0.15, 0.2) is 0 Å². The molecule has 0 radical (unpaired) electrons. The summed E-state index contributed by atoms with van der Waals surface area (Å²) in [6.45, 7) is 1.02. The molecule has 2 aromatic carbocycles. The van der Waals surface area contributed by atoms with Gasteiger partial charge in [-0.15, -0.1) is 11.6 Å². The van der Waals surface area contributed by atoms with Crippen molar-refractivity contribution in [1.82, 2.24) is 0 Å². The predicted octanol–water partition coefficient (Wildman–Crippen LogP) is 4.12. The van der Waals surface area contributed by atoms with Gasteiger partial charge in [-0.25, -0.2) is 0 Å². The monoisotopic (exact) mass is 300 g/mol. The van der Waals surface area contributed by atoms with Crippen LogP contribution in [0.15, 0.2) is 54.6 Å². The topological polar surface area (TPSA) is 18.5 Å². The number of alkyl halides is 1. The standard InChI is InChI=1S/C18H17ClO2/c19-13-5-4-6-16-9-11-18(12-10-16)21-15-14-20-17-7-2-1-3-8-17/h1-3,7-12H,5,13-15H2. The van der Waals surface area contributed by atoms with E-state index in [-0.39, 0.29) is 0 Å². The Labute approximate surface area is 130 Å². The molecule has 0 fully saturated rings. The van der Waals surface area contributed by atoms with E-state index in [9.17, 15) is 0 Å². The molecule has 3 heteroatoms. The van der Waals surface area contributed by atoms with E-state index in [0.29, 0.717) is 25.5 Å². The Balaban J connectivity index is 1.73. The fraction of sp³-hybridized carbons (Fsp3) is 0.222. The van der Waals surface area contributed by atoms with E-state index >= 15 is 0 Å². The molecule has 0 atom stereocenters. The summed E-state index contributed by atoms with van der Waals surface area (Å²) < 4.78 is 11.2. The highest BCUT2D eigenvalue weighted by Gasteiger charge is 1.95. The minimum Gasteiger partial charge on any atom is -0.490 e. The van der Waals surface area contributed by atoms with Crippen LogP contribution in [0.25, 0.3) is 0 Å². The second kappa shape index (κ2) is 8.94. The van der Waals surface area contributed by atoms with Crippen LogP contribution < -0.4 is 9.47 Å². The van der Waals surface area contributed by atoms with Crippen molar-refractivity contribution in [2.24, 2.45) is 0 Å². The Kier molecular flexibility index (Phi) is 6.51. The molecule has 2 nitrogen and oxygen atoms in total. The number of rotatable bonds is 6. The molecule has 0 spiro atoms.